The number of aromatic nitrogens is 3. The van der Waals surface area contributed by atoms with Gasteiger partial charge >= 0.3 is 37.1 Å². The number of esters is 1. The van der Waals surface area contributed by atoms with Gasteiger partial charge in [-0.05, 0) is 13.8 Å². The van der Waals surface area contributed by atoms with Crippen LogP contribution in [0.5, 0.6) is 0 Å². The van der Waals surface area contributed by atoms with E-state index in [2.05, 4.69) is 31.3 Å². The molecule has 0 aromatic carbocycles. The molecule has 0 aliphatic rings. The Hall–Kier alpha value is -1.27. The number of hydrogen-bond acceptors (Lipinski definition) is 8. The number of thiazole rings is 1. The Morgan fingerprint density at radius 1 is 1.54 bits per heavy atom. The predicted molar refractivity (Wildman–Crippen MR) is 88.5 cm³/mol. The van der Waals surface area contributed by atoms with Gasteiger partial charge in [0.15, 0.2) is 5.13 Å². The molecule has 0 aliphatic heterocycles. The predicted octanol–water partition coefficient (Wildman–Crippen LogP) is 3.06. The Morgan fingerprint density at radius 2 is 2.29 bits per heavy atom. The van der Waals surface area contributed by atoms with E-state index in [4.69, 9.17) is 23.1 Å². The maximum atomic E-state index is 11.8. The number of aliphatic imine (C=N–C) groups is 1. The summed E-state index contributed by atoms with van der Waals surface area (Å²) in [5.41, 5.74) is 0.965. The van der Waals surface area contributed by atoms with Gasteiger partial charge in [-0.25, -0.2) is 21.0 Å². The molecule has 2 aromatic rings. The van der Waals surface area contributed by atoms with E-state index < -0.39 is 5.97 Å². The van der Waals surface area contributed by atoms with Crippen LogP contribution in [-0.2, 0) is 4.74 Å². The van der Waals surface area contributed by atoms with Crippen molar-refractivity contribution in [2.45, 2.75) is 13.8 Å². The number of anilines is 2. The molecule has 0 unspecified atom stereocenters. The first-order valence-electron chi connectivity index (χ1n) is 6.48. The Labute approximate surface area is 172 Å². The molecule has 2 heterocycles. The first-order valence-corrected chi connectivity index (χ1v) is 7.67. The summed E-state index contributed by atoms with van der Waals surface area (Å²) in [6.07, 6.45) is 3.99. The molecule has 0 fully saturated rings. The molecule has 1 N–H and O–H groups in total. The number of aryl methyl sites for hydroxylation is 1. The van der Waals surface area contributed by atoms with Gasteiger partial charge < -0.3 is 21.1 Å². The number of halogens is 1. The van der Waals surface area contributed by atoms with Crippen LogP contribution in [0.15, 0.2) is 17.3 Å². The van der Waals surface area contributed by atoms with Gasteiger partial charge in [-0.3, -0.25) is 4.98 Å². The molecule has 7 nitrogen and oxygen atoms in total. The number of carbonyl (C=O) groups is 1. The minimum atomic E-state index is -0.413. The van der Waals surface area contributed by atoms with Crippen molar-refractivity contribution in [3.05, 3.63) is 39.8 Å². The van der Waals surface area contributed by atoms with Crippen LogP contribution in [0.3, 0.4) is 0 Å². The molecular weight excluding hydrogens is 576 g/mol. The molecule has 0 bridgehead atoms. The summed E-state index contributed by atoms with van der Waals surface area (Å²) >= 11 is 7.07. The zero-order chi connectivity index (χ0) is 16.8. The second-order valence-electron chi connectivity index (χ2n) is 4.10. The smallest absolute Gasteiger partial charge is 0.486 e. The van der Waals surface area contributed by atoms with Gasteiger partial charge in [-0.1, -0.05) is 22.9 Å². The van der Waals surface area contributed by atoms with Crippen molar-refractivity contribution in [1.29, 1.82) is 0 Å². The van der Waals surface area contributed by atoms with Crippen LogP contribution in [0.2, 0.25) is 5.15 Å². The van der Waals surface area contributed by atoms with Crippen molar-refractivity contribution in [2.24, 2.45) is 4.99 Å². The minimum absolute atomic E-state index is 0. The maximum Gasteiger partial charge on any atom is 2.00 e. The molecule has 122 valence electrons. The summed E-state index contributed by atoms with van der Waals surface area (Å²) in [5, 5.41) is 3.56. The van der Waals surface area contributed by atoms with Crippen LogP contribution in [0.25, 0.3) is 0 Å². The van der Waals surface area contributed by atoms with Gasteiger partial charge in [0.1, 0.15) is 4.88 Å². The topological polar surface area (TPSA) is 89.4 Å². The van der Waals surface area contributed by atoms with Crippen molar-refractivity contribution in [1.82, 2.24) is 15.0 Å². The van der Waals surface area contributed by atoms with E-state index in [9.17, 15) is 4.79 Å². The van der Waals surface area contributed by atoms with Crippen molar-refractivity contribution >= 4 is 46.7 Å². The van der Waals surface area contributed by atoms with E-state index in [-0.39, 0.29) is 42.2 Å². The third-order valence-corrected chi connectivity index (χ3v) is 3.70. The monoisotopic (exact) mass is 587 g/mol. The molecule has 10 heteroatoms. The fraction of sp³-hybridized carbons (Fsp3) is 0.214. The van der Waals surface area contributed by atoms with Crippen LogP contribution < -0.4 is 5.32 Å². The van der Waals surface area contributed by atoms with Crippen molar-refractivity contribution in [3.8, 4) is 0 Å². The second kappa shape index (κ2) is 9.89. The van der Waals surface area contributed by atoms with Gasteiger partial charge in [-0.15, -0.1) is 11.8 Å². The molecule has 0 radical (unpaired) electrons. The van der Waals surface area contributed by atoms with Crippen LogP contribution >= 0.6 is 22.9 Å². The SMILES string of the molecule is [CH-]=NC=[C-]c1cc(Cl)nc(Nc2nc(C)c(C(=O)OCC)s2)n1.[U+2]. The van der Waals surface area contributed by atoms with Crippen molar-refractivity contribution in [3.63, 3.8) is 0 Å². The van der Waals surface area contributed by atoms with Crippen LogP contribution in [0.4, 0.5) is 11.1 Å². The van der Waals surface area contributed by atoms with Gasteiger partial charge in [0.25, 0.3) is 0 Å². The summed E-state index contributed by atoms with van der Waals surface area (Å²) in [5.74, 6) is -0.196. The average molecular weight is 588 g/mol. The third kappa shape index (κ3) is 5.67. The van der Waals surface area contributed by atoms with E-state index in [0.717, 1.165) is 11.3 Å². The molecule has 0 atom stereocenters. The van der Waals surface area contributed by atoms with E-state index in [1.165, 1.54) is 12.3 Å². The molecule has 2 aromatic heterocycles. The van der Waals surface area contributed by atoms with E-state index in [1.807, 2.05) is 0 Å². The van der Waals surface area contributed by atoms with E-state index >= 15 is 0 Å². The van der Waals surface area contributed by atoms with Crippen molar-refractivity contribution < 1.29 is 40.6 Å². The summed E-state index contributed by atoms with van der Waals surface area (Å²) in [6.45, 7) is 8.77. The molecule has 2 rings (SSSR count). The Bertz CT molecular complexity index is 766. The quantitative estimate of drug-likeness (QED) is 0.242. The molecular formula is C14H12ClN5O2SU. The first kappa shape index (κ1) is 20.8. The molecule has 0 aliphatic carbocycles. The third-order valence-electron chi connectivity index (χ3n) is 2.46. The zero-order valence-corrected chi connectivity index (χ0v) is 18.6. The average Bonchev–Trinajstić information content (AvgIpc) is 2.85. The fourth-order valence-electron chi connectivity index (χ4n) is 1.58. The normalized spacial score (nSPS) is 10.3. The fourth-order valence-corrected chi connectivity index (χ4v) is 2.62. The van der Waals surface area contributed by atoms with E-state index in [0.29, 0.717) is 28.0 Å². The summed E-state index contributed by atoms with van der Waals surface area (Å²) in [6, 6.07) is 1.51. The van der Waals surface area contributed by atoms with E-state index in [1.54, 1.807) is 13.8 Å². The first-order chi connectivity index (χ1) is 11.0. The minimum Gasteiger partial charge on any atom is -0.486 e. The Kier molecular flexibility index (Phi) is 8.56. The van der Waals surface area contributed by atoms with Gasteiger partial charge in [0, 0.05) is 0 Å². The van der Waals surface area contributed by atoms with Crippen LogP contribution in [-0.4, -0.2) is 34.2 Å². The van der Waals surface area contributed by atoms with Crippen molar-refractivity contribution in [2.75, 3.05) is 11.9 Å². The summed E-state index contributed by atoms with van der Waals surface area (Å²) in [4.78, 5) is 28.0. The molecule has 0 spiro atoms. The van der Waals surface area contributed by atoms with Gasteiger partial charge in [0.2, 0.25) is 5.95 Å². The number of rotatable bonds is 6. The number of ether oxygens (including phenoxy) is 1. The Balaban J connectivity index is 0.00000288. The molecule has 0 saturated heterocycles. The Morgan fingerprint density at radius 3 is 2.96 bits per heavy atom. The van der Waals surface area contributed by atoms with Gasteiger partial charge in [-0.2, -0.15) is 6.72 Å². The maximum absolute atomic E-state index is 11.8. The molecule has 24 heavy (non-hydrogen) atoms. The standard InChI is InChI=1S/C14H12ClN5O2S.U/c1-4-22-12(21)11-8(2)17-14(23-11)20-13-18-9(5-6-16-3)7-10(15)19-13;/h3,6-7H,4H2,1-2H3,(H,17,18,19,20);/q-2;+2. The van der Waals surface area contributed by atoms with Gasteiger partial charge in [0.05, 0.1) is 17.5 Å². The second-order valence-corrected chi connectivity index (χ2v) is 5.49. The molecule has 0 amide bonds. The molecule has 0 saturated carbocycles. The zero-order valence-electron chi connectivity index (χ0n) is 12.8. The summed E-state index contributed by atoms with van der Waals surface area (Å²) < 4.78 is 4.97. The van der Waals surface area contributed by atoms with Crippen LogP contribution in [0.1, 0.15) is 28.0 Å². The number of carbonyl (C=O) groups excluding carboxylic acids is 1. The summed E-state index contributed by atoms with van der Waals surface area (Å²) in [7, 11) is 0. The van der Waals surface area contributed by atoms with Crippen LogP contribution in [0, 0.1) is 44.1 Å². The number of nitrogens with one attached hydrogen (secondary N) is 1. The largest absolute Gasteiger partial charge is 2.00 e. The number of nitrogens with zero attached hydrogens (tertiary/aromatic N) is 4. The number of hydrogen-bond donors (Lipinski definition) is 1.